The largest absolute Gasteiger partial charge is 0.417 e. The van der Waals surface area contributed by atoms with Crippen LogP contribution in [-0.2, 0) is 12.7 Å². The van der Waals surface area contributed by atoms with Crippen molar-refractivity contribution in [2.75, 3.05) is 0 Å². The van der Waals surface area contributed by atoms with Crippen molar-refractivity contribution in [1.82, 2.24) is 9.55 Å². The number of hydrogen-bond donors (Lipinski definition) is 0. The Morgan fingerprint density at radius 2 is 1.73 bits per heavy atom. The van der Waals surface area contributed by atoms with Gasteiger partial charge in [0.25, 0.3) is 0 Å². The zero-order valence-corrected chi connectivity index (χ0v) is 17.9. The second kappa shape index (κ2) is 8.91. The Labute approximate surface area is 188 Å². The molecule has 0 unspecified atom stereocenters. The Bertz CT molecular complexity index is 1370. The summed E-state index contributed by atoms with van der Waals surface area (Å²) in [6, 6.07) is 19.2. The molecule has 0 fully saturated rings. The van der Waals surface area contributed by atoms with Crippen LogP contribution < -0.4 is 0 Å². The predicted molar refractivity (Wildman–Crippen MR) is 120 cm³/mol. The smallest absolute Gasteiger partial charge is 0.324 e. The van der Waals surface area contributed by atoms with Gasteiger partial charge in [-0.25, -0.2) is 4.98 Å². The average Bonchev–Trinajstić information content (AvgIpc) is 3.19. The highest BCUT2D eigenvalue weighted by atomic mass is 19.4. The summed E-state index contributed by atoms with van der Waals surface area (Å²) < 4.78 is 42.1. The van der Waals surface area contributed by atoms with Crippen LogP contribution in [0.2, 0.25) is 0 Å². The van der Waals surface area contributed by atoms with Crippen LogP contribution in [0.5, 0.6) is 0 Å². The van der Waals surface area contributed by atoms with Crippen LogP contribution in [-0.4, -0.2) is 15.3 Å². The molecule has 7 heteroatoms. The molecule has 0 spiro atoms. The molecule has 0 N–H and O–H groups in total. The van der Waals surface area contributed by atoms with Gasteiger partial charge in [-0.15, -0.1) is 0 Å². The summed E-state index contributed by atoms with van der Waals surface area (Å²) in [5.74, 6) is 0.220. The molecule has 0 aliphatic carbocycles. The number of hydrogen-bond acceptors (Lipinski definition) is 3. The van der Waals surface area contributed by atoms with Gasteiger partial charge in [-0.05, 0) is 42.8 Å². The molecule has 0 saturated heterocycles. The van der Waals surface area contributed by atoms with Crippen molar-refractivity contribution in [3.63, 3.8) is 0 Å². The number of halogens is 3. The number of nitrogens with zero attached hydrogens (tertiary/aromatic N) is 3. The maximum atomic E-state index is 13.3. The molecular weight excluding hydrogens is 427 g/mol. The molecule has 0 amide bonds. The number of aromatic nitrogens is 2. The molecule has 4 aromatic rings. The lowest BCUT2D eigenvalue weighted by Crippen LogP contribution is -2.11. The fourth-order valence-corrected chi connectivity index (χ4v) is 3.81. The Morgan fingerprint density at radius 3 is 2.39 bits per heavy atom. The van der Waals surface area contributed by atoms with Crippen LogP contribution in [0.25, 0.3) is 22.4 Å². The predicted octanol–water partition coefficient (Wildman–Crippen LogP) is 6.62. The topological polar surface area (TPSA) is 58.7 Å². The number of unbranched alkanes of at least 4 members (excludes halogenated alkanes) is 1. The highest BCUT2D eigenvalue weighted by molar-refractivity contribution is 6.10. The number of rotatable bonds is 6. The van der Waals surface area contributed by atoms with Gasteiger partial charge in [0.15, 0.2) is 5.78 Å². The number of nitriles is 1. The van der Waals surface area contributed by atoms with Gasteiger partial charge in [-0.2, -0.15) is 18.4 Å². The molecule has 0 bridgehead atoms. The third-order valence-electron chi connectivity index (χ3n) is 5.49. The van der Waals surface area contributed by atoms with Crippen LogP contribution >= 0.6 is 0 Å². The standard InChI is InChI=1S/C26H20F3N3O/c1-2-3-13-32-23-12-11-19(15-22(23)31-25(32)17-7-5-4-6-8-17)24(33)18-9-10-20(16-30)21(14-18)26(27,28)29/h4-12,14-15H,2-3,13H2,1H3. The summed E-state index contributed by atoms with van der Waals surface area (Å²) in [6.45, 7) is 2.86. The number of fused-ring (bicyclic) bond motifs is 1. The van der Waals surface area contributed by atoms with E-state index in [0.717, 1.165) is 48.4 Å². The Morgan fingerprint density at radius 1 is 1.03 bits per heavy atom. The van der Waals surface area contributed by atoms with Gasteiger partial charge in [0.2, 0.25) is 0 Å². The summed E-state index contributed by atoms with van der Waals surface area (Å²) in [5.41, 5.74) is 0.869. The van der Waals surface area contributed by atoms with E-state index < -0.39 is 23.1 Å². The highest BCUT2D eigenvalue weighted by Gasteiger charge is 2.34. The van der Waals surface area contributed by atoms with E-state index in [-0.39, 0.29) is 11.1 Å². The lowest BCUT2D eigenvalue weighted by molar-refractivity contribution is -0.137. The molecule has 33 heavy (non-hydrogen) atoms. The molecule has 0 saturated carbocycles. The molecule has 166 valence electrons. The van der Waals surface area contributed by atoms with E-state index in [2.05, 4.69) is 11.5 Å². The number of aryl methyl sites for hydroxylation is 1. The maximum absolute atomic E-state index is 13.3. The third-order valence-corrected chi connectivity index (χ3v) is 5.49. The lowest BCUT2D eigenvalue weighted by Gasteiger charge is -2.11. The third kappa shape index (κ3) is 4.37. The zero-order chi connectivity index (χ0) is 23.6. The molecule has 0 atom stereocenters. The minimum Gasteiger partial charge on any atom is -0.324 e. The van der Waals surface area contributed by atoms with E-state index in [9.17, 15) is 18.0 Å². The normalized spacial score (nSPS) is 11.5. The van der Waals surface area contributed by atoms with Gasteiger partial charge in [0, 0.05) is 23.2 Å². The SMILES string of the molecule is CCCCn1c(-c2ccccc2)nc2cc(C(=O)c3ccc(C#N)c(C(F)(F)F)c3)ccc21. The summed E-state index contributed by atoms with van der Waals surface area (Å²) in [5, 5.41) is 8.98. The number of benzene rings is 3. The summed E-state index contributed by atoms with van der Waals surface area (Å²) in [6.07, 6.45) is -2.77. The van der Waals surface area contributed by atoms with Crippen molar-refractivity contribution in [1.29, 1.82) is 5.26 Å². The van der Waals surface area contributed by atoms with Gasteiger partial charge in [0.1, 0.15) is 5.82 Å². The van der Waals surface area contributed by atoms with Gasteiger partial charge in [-0.3, -0.25) is 4.79 Å². The number of imidazole rings is 1. The fraction of sp³-hybridized carbons (Fsp3) is 0.192. The maximum Gasteiger partial charge on any atom is 0.417 e. The van der Waals surface area contributed by atoms with Gasteiger partial charge in [0.05, 0.1) is 28.2 Å². The summed E-state index contributed by atoms with van der Waals surface area (Å²) >= 11 is 0. The highest BCUT2D eigenvalue weighted by Crippen LogP contribution is 2.33. The molecule has 4 rings (SSSR count). The first-order valence-electron chi connectivity index (χ1n) is 10.5. The first-order chi connectivity index (χ1) is 15.8. The molecular formula is C26H20F3N3O. The molecule has 0 aliphatic rings. The van der Waals surface area contributed by atoms with Crippen LogP contribution in [0.15, 0.2) is 66.7 Å². The fourth-order valence-electron chi connectivity index (χ4n) is 3.81. The van der Waals surface area contributed by atoms with Crippen molar-refractivity contribution in [2.45, 2.75) is 32.5 Å². The van der Waals surface area contributed by atoms with E-state index in [4.69, 9.17) is 10.2 Å². The number of ketones is 1. The minimum absolute atomic E-state index is 0.130. The van der Waals surface area contributed by atoms with Crippen molar-refractivity contribution in [3.8, 4) is 17.5 Å². The number of carbonyl (C=O) groups excluding carboxylic acids is 1. The first-order valence-corrected chi connectivity index (χ1v) is 10.5. The monoisotopic (exact) mass is 447 g/mol. The second-order valence-corrected chi connectivity index (χ2v) is 7.71. The van der Waals surface area contributed by atoms with Crippen LogP contribution in [0, 0.1) is 11.3 Å². The van der Waals surface area contributed by atoms with Gasteiger partial charge < -0.3 is 4.57 Å². The minimum atomic E-state index is -4.73. The van der Waals surface area contributed by atoms with Crippen molar-refractivity contribution in [3.05, 3.63) is 89.0 Å². The first kappa shape index (κ1) is 22.3. The Balaban J connectivity index is 1.79. The molecule has 0 aliphatic heterocycles. The van der Waals surface area contributed by atoms with Crippen molar-refractivity contribution in [2.24, 2.45) is 0 Å². The van der Waals surface area contributed by atoms with Crippen LogP contribution in [0.4, 0.5) is 13.2 Å². The molecule has 1 heterocycles. The summed E-state index contributed by atoms with van der Waals surface area (Å²) in [4.78, 5) is 17.8. The van der Waals surface area contributed by atoms with E-state index in [1.54, 1.807) is 18.2 Å². The summed E-state index contributed by atoms with van der Waals surface area (Å²) in [7, 11) is 0. The van der Waals surface area contributed by atoms with E-state index >= 15 is 0 Å². The number of carbonyl (C=O) groups is 1. The molecule has 3 aromatic carbocycles. The van der Waals surface area contributed by atoms with Crippen LogP contribution in [0.3, 0.4) is 0 Å². The molecule has 1 aromatic heterocycles. The lowest BCUT2D eigenvalue weighted by atomic mass is 9.98. The van der Waals surface area contributed by atoms with Crippen molar-refractivity contribution < 1.29 is 18.0 Å². The Hall–Kier alpha value is -3.92. The van der Waals surface area contributed by atoms with Gasteiger partial charge in [-0.1, -0.05) is 43.7 Å². The van der Waals surface area contributed by atoms with Gasteiger partial charge >= 0.3 is 6.18 Å². The van der Waals surface area contributed by atoms with Crippen molar-refractivity contribution >= 4 is 16.8 Å². The number of alkyl halides is 3. The Kier molecular flexibility index (Phi) is 6.01. The second-order valence-electron chi connectivity index (χ2n) is 7.71. The zero-order valence-electron chi connectivity index (χ0n) is 17.9. The van der Waals surface area contributed by atoms with E-state index in [1.165, 1.54) is 12.1 Å². The average molecular weight is 447 g/mol. The van der Waals surface area contributed by atoms with E-state index in [1.807, 2.05) is 30.3 Å². The molecule has 4 nitrogen and oxygen atoms in total. The quantitative estimate of drug-likeness (QED) is 0.312. The van der Waals surface area contributed by atoms with Crippen LogP contribution in [0.1, 0.15) is 46.8 Å². The van der Waals surface area contributed by atoms with E-state index in [0.29, 0.717) is 5.52 Å². The molecule has 0 radical (unpaired) electrons.